The summed E-state index contributed by atoms with van der Waals surface area (Å²) in [5.41, 5.74) is -3.51. The number of benzene rings is 3. The van der Waals surface area contributed by atoms with Crippen molar-refractivity contribution in [3.05, 3.63) is 94.3 Å². The highest BCUT2D eigenvalue weighted by Gasteiger charge is 2.37. The molecule has 0 saturated heterocycles. The number of alkyl halides is 5. The summed E-state index contributed by atoms with van der Waals surface area (Å²) < 4.78 is 146. The van der Waals surface area contributed by atoms with E-state index in [1.165, 1.54) is 0 Å². The number of rotatable bonds is 12. The lowest BCUT2D eigenvalue weighted by molar-refractivity contribution is -0.140. The van der Waals surface area contributed by atoms with Gasteiger partial charge in [0.2, 0.25) is 0 Å². The predicted molar refractivity (Wildman–Crippen MR) is 138 cm³/mol. The minimum Gasteiger partial charge on any atom is -0.493 e. The Morgan fingerprint density at radius 3 is 2.19 bits per heavy atom. The fourth-order valence-corrected chi connectivity index (χ4v) is 5.04. The zero-order valence-corrected chi connectivity index (χ0v) is 23.5. The van der Waals surface area contributed by atoms with Crippen molar-refractivity contribution in [1.29, 1.82) is 0 Å². The van der Waals surface area contributed by atoms with E-state index >= 15 is 8.78 Å². The summed E-state index contributed by atoms with van der Waals surface area (Å²) in [4.78, 5) is 12.1. The second-order valence-electron chi connectivity index (χ2n) is 9.44. The maximum Gasteiger partial charge on any atom is 0.419 e. The molecule has 0 amide bonds. The van der Waals surface area contributed by atoms with Crippen molar-refractivity contribution in [2.45, 2.75) is 30.0 Å². The monoisotopic (exact) mass is 639 g/mol. The topological polar surface area (TPSA) is 72.9 Å². The minimum atomic E-state index is -5.03. The molecule has 3 rings (SSSR count). The number of halogens is 8. The number of methoxy groups -OCH3 is 1. The van der Waals surface area contributed by atoms with Crippen LogP contribution < -0.4 is 4.74 Å². The Balaban J connectivity index is 1.83. The molecule has 0 fully saturated rings. The van der Waals surface area contributed by atoms with Gasteiger partial charge in [0, 0.05) is 36.5 Å². The first-order valence-corrected chi connectivity index (χ1v) is 14.3. The first-order valence-electron chi connectivity index (χ1n) is 12.4. The summed E-state index contributed by atoms with van der Waals surface area (Å²) in [5.74, 6) is -8.86. The van der Waals surface area contributed by atoms with Crippen LogP contribution in [0, 0.1) is 17.5 Å². The van der Waals surface area contributed by atoms with E-state index in [4.69, 9.17) is 4.74 Å². The molecule has 43 heavy (non-hydrogen) atoms. The molecule has 0 unspecified atom stereocenters. The zero-order valence-electron chi connectivity index (χ0n) is 22.7. The first kappa shape index (κ1) is 33.8. The zero-order chi connectivity index (χ0) is 32.2. The summed E-state index contributed by atoms with van der Waals surface area (Å²) in [6.07, 6.45) is -4.42. The van der Waals surface area contributed by atoms with Crippen molar-refractivity contribution in [2.75, 3.05) is 33.1 Å². The Morgan fingerprint density at radius 1 is 0.953 bits per heavy atom. The molecule has 0 heterocycles. The van der Waals surface area contributed by atoms with Crippen LogP contribution in [0.15, 0.2) is 59.5 Å². The summed E-state index contributed by atoms with van der Waals surface area (Å²) >= 11 is 0. The SMILES string of the molecule is COC(=O)c1c(F)cc(OCCCN(Cc2cccc(C(F)(F)F)c2F)CC(F)(F)c2ccc(F)cc2)cc1S(C)(=O)=O. The minimum absolute atomic E-state index is 0.116. The maximum absolute atomic E-state index is 15.1. The van der Waals surface area contributed by atoms with Gasteiger partial charge in [0.25, 0.3) is 5.92 Å². The van der Waals surface area contributed by atoms with Crippen LogP contribution in [0.4, 0.5) is 35.1 Å². The average molecular weight is 640 g/mol. The van der Waals surface area contributed by atoms with Gasteiger partial charge < -0.3 is 9.47 Å². The lowest BCUT2D eigenvalue weighted by Crippen LogP contribution is -2.36. The van der Waals surface area contributed by atoms with Gasteiger partial charge in [-0.2, -0.15) is 22.0 Å². The van der Waals surface area contributed by atoms with Crippen LogP contribution in [-0.4, -0.2) is 52.3 Å². The van der Waals surface area contributed by atoms with Gasteiger partial charge in [-0.3, -0.25) is 4.90 Å². The standard InChI is InChI=1S/C28H25F8NO5S/c1-41-26(38)24-22(30)13-20(14-23(24)43(2,39)40)42-12-4-11-37(16-27(32,33)18-7-9-19(29)10-8-18)15-17-5-3-6-21(25(17)31)28(34,35)36/h3,5-10,13-14H,4,11-12,15-16H2,1-2H3. The van der Waals surface area contributed by atoms with Gasteiger partial charge in [0.05, 0.1) is 30.7 Å². The Bertz CT molecular complexity index is 1560. The van der Waals surface area contributed by atoms with Crippen LogP contribution in [0.3, 0.4) is 0 Å². The van der Waals surface area contributed by atoms with Crippen LogP contribution in [0.25, 0.3) is 0 Å². The molecule has 6 nitrogen and oxygen atoms in total. The summed E-state index contributed by atoms with van der Waals surface area (Å²) in [6, 6.07) is 7.37. The molecular weight excluding hydrogens is 614 g/mol. The van der Waals surface area contributed by atoms with Gasteiger partial charge in [0.15, 0.2) is 9.84 Å². The van der Waals surface area contributed by atoms with Gasteiger partial charge in [0.1, 0.15) is 28.8 Å². The average Bonchev–Trinajstić information content (AvgIpc) is 2.90. The number of nitrogens with zero attached hydrogens (tertiary/aromatic N) is 1. The van der Waals surface area contributed by atoms with Crippen LogP contribution in [0.2, 0.25) is 0 Å². The largest absolute Gasteiger partial charge is 0.493 e. The van der Waals surface area contributed by atoms with Gasteiger partial charge in [-0.05, 0) is 30.7 Å². The highest BCUT2D eigenvalue weighted by Crippen LogP contribution is 2.34. The molecule has 0 aliphatic carbocycles. The lowest BCUT2D eigenvalue weighted by atomic mass is 10.1. The third-order valence-corrected chi connectivity index (χ3v) is 7.29. The smallest absolute Gasteiger partial charge is 0.419 e. The van der Waals surface area contributed by atoms with Crippen molar-refractivity contribution >= 4 is 15.8 Å². The third-order valence-electron chi connectivity index (χ3n) is 6.17. The van der Waals surface area contributed by atoms with E-state index in [0.29, 0.717) is 6.07 Å². The molecule has 15 heteroatoms. The van der Waals surface area contributed by atoms with E-state index in [1.807, 2.05) is 0 Å². The third kappa shape index (κ3) is 8.66. The van der Waals surface area contributed by atoms with Crippen molar-refractivity contribution < 1.29 is 57.8 Å². The van der Waals surface area contributed by atoms with Crippen LogP contribution in [0.1, 0.15) is 33.5 Å². The van der Waals surface area contributed by atoms with Gasteiger partial charge in [-0.25, -0.2) is 26.4 Å². The summed E-state index contributed by atoms with van der Waals surface area (Å²) in [6.45, 7) is -2.40. The Hall–Kier alpha value is -3.72. The quantitative estimate of drug-likeness (QED) is 0.130. The highest BCUT2D eigenvalue weighted by molar-refractivity contribution is 7.90. The molecule has 234 valence electrons. The number of ether oxygens (including phenoxy) is 2. The number of hydrogen-bond donors (Lipinski definition) is 0. The van der Waals surface area contributed by atoms with Gasteiger partial charge >= 0.3 is 12.1 Å². The second-order valence-corrected chi connectivity index (χ2v) is 11.4. The Labute approximate surface area is 241 Å². The van der Waals surface area contributed by atoms with Crippen LogP contribution in [-0.2, 0) is 33.2 Å². The molecule has 0 aromatic heterocycles. The van der Waals surface area contributed by atoms with Crippen LogP contribution in [0.5, 0.6) is 5.75 Å². The number of carbonyl (C=O) groups is 1. The van der Waals surface area contributed by atoms with E-state index in [1.54, 1.807) is 0 Å². The lowest BCUT2D eigenvalue weighted by Gasteiger charge is -2.28. The van der Waals surface area contributed by atoms with Crippen molar-refractivity contribution in [2.24, 2.45) is 0 Å². The molecule has 0 radical (unpaired) electrons. The van der Waals surface area contributed by atoms with Crippen molar-refractivity contribution in [1.82, 2.24) is 4.90 Å². The molecular formula is C28H25F8NO5S. The molecule has 3 aromatic carbocycles. The molecule has 0 N–H and O–H groups in total. The molecule has 3 aromatic rings. The van der Waals surface area contributed by atoms with E-state index in [0.717, 1.165) is 66.8 Å². The fraction of sp³-hybridized carbons (Fsp3) is 0.321. The van der Waals surface area contributed by atoms with Gasteiger partial charge in [-0.15, -0.1) is 0 Å². The van der Waals surface area contributed by atoms with E-state index in [-0.39, 0.29) is 25.3 Å². The Morgan fingerprint density at radius 2 is 1.60 bits per heavy atom. The number of hydrogen-bond acceptors (Lipinski definition) is 6. The molecule has 0 atom stereocenters. The fourth-order valence-electron chi connectivity index (χ4n) is 4.15. The van der Waals surface area contributed by atoms with E-state index in [9.17, 15) is 39.6 Å². The van der Waals surface area contributed by atoms with Gasteiger partial charge in [-0.1, -0.05) is 24.3 Å². The molecule has 0 aliphatic rings. The van der Waals surface area contributed by atoms with E-state index in [2.05, 4.69) is 4.74 Å². The maximum atomic E-state index is 15.1. The number of carbonyl (C=O) groups excluding carboxylic acids is 1. The first-order chi connectivity index (χ1) is 19.9. The second kappa shape index (κ2) is 13.3. The van der Waals surface area contributed by atoms with E-state index < -0.39 is 85.6 Å². The van der Waals surface area contributed by atoms with Crippen LogP contribution >= 0.6 is 0 Å². The molecule has 0 bridgehead atoms. The number of sulfone groups is 1. The normalized spacial score (nSPS) is 12.4. The predicted octanol–water partition coefficient (Wildman–Crippen LogP) is 6.38. The summed E-state index contributed by atoms with van der Waals surface area (Å²) in [7, 11) is -3.21. The molecule has 0 spiro atoms. The van der Waals surface area contributed by atoms with Crippen molar-refractivity contribution in [3.63, 3.8) is 0 Å². The number of esters is 1. The Kier molecular flexibility index (Phi) is 10.4. The highest BCUT2D eigenvalue weighted by atomic mass is 32.2. The van der Waals surface area contributed by atoms with Crippen molar-refractivity contribution in [3.8, 4) is 5.75 Å². The summed E-state index contributed by atoms with van der Waals surface area (Å²) in [5, 5.41) is 0. The molecule has 0 saturated carbocycles. The molecule has 0 aliphatic heterocycles.